The summed E-state index contributed by atoms with van der Waals surface area (Å²) in [7, 11) is 0.334. The Kier molecular flexibility index (Phi) is 6.49. The third kappa shape index (κ3) is 4.57. The van der Waals surface area contributed by atoms with Gasteiger partial charge in [-0.3, -0.25) is 4.72 Å². The van der Waals surface area contributed by atoms with Gasteiger partial charge < -0.3 is 19.9 Å². The number of hydrogen-bond donors (Lipinski definition) is 2. The zero-order chi connectivity index (χ0) is 24.5. The number of rotatable bonds is 7. The van der Waals surface area contributed by atoms with Crippen LogP contribution in [0.15, 0.2) is 64.1 Å². The van der Waals surface area contributed by atoms with Gasteiger partial charge in [-0.1, -0.05) is 12.1 Å². The van der Waals surface area contributed by atoms with Crippen LogP contribution in [0.4, 0.5) is 11.5 Å². The maximum absolute atomic E-state index is 13.1. The SMILES string of the molecule is COc1ccc(S(=O)(=O)Nc2cc(-c3ccc4cc(Br)c(N)nc4c3)cnc2OC)cc1OC. The van der Waals surface area contributed by atoms with Gasteiger partial charge in [0.15, 0.2) is 11.5 Å². The molecule has 11 heteroatoms. The average Bonchev–Trinajstić information content (AvgIpc) is 2.83. The lowest BCUT2D eigenvalue weighted by Gasteiger charge is -2.14. The summed E-state index contributed by atoms with van der Waals surface area (Å²) in [6.07, 6.45) is 1.59. The van der Waals surface area contributed by atoms with Gasteiger partial charge in [-0.2, -0.15) is 0 Å². The number of nitrogens with zero attached hydrogens (tertiary/aromatic N) is 2. The van der Waals surface area contributed by atoms with Crippen molar-refractivity contribution in [2.45, 2.75) is 4.90 Å². The second-order valence-corrected chi connectivity index (χ2v) is 9.70. The molecule has 0 unspecified atom stereocenters. The number of nitrogens with one attached hydrogen (secondary N) is 1. The number of anilines is 2. The van der Waals surface area contributed by atoms with Gasteiger partial charge in [-0.15, -0.1) is 0 Å². The molecule has 2 aromatic carbocycles. The van der Waals surface area contributed by atoms with Crippen LogP contribution in [0.1, 0.15) is 0 Å². The fourth-order valence-corrected chi connectivity index (χ4v) is 4.77. The van der Waals surface area contributed by atoms with Crippen LogP contribution in [0.2, 0.25) is 0 Å². The molecule has 176 valence electrons. The van der Waals surface area contributed by atoms with Crippen LogP contribution in [0.5, 0.6) is 17.4 Å². The lowest BCUT2D eigenvalue weighted by atomic mass is 10.0. The number of methoxy groups -OCH3 is 3. The quantitative estimate of drug-likeness (QED) is 0.349. The molecule has 0 saturated heterocycles. The van der Waals surface area contributed by atoms with Crippen molar-refractivity contribution < 1.29 is 22.6 Å². The molecule has 0 fully saturated rings. The maximum atomic E-state index is 13.1. The fourth-order valence-electron chi connectivity index (χ4n) is 3.37. The van der Waals surface area contributed by atoms with E-state index in [0.717, 1.165) is 10.9 Å². The number of fused-ring (bicyclic) bond motifs is 1. The lowest BCUT2D eigenvalue weighted by Crippen LogP contribution is -2.14. The Hall–Kier alpha value is -3.57. The van der Waals surface area contributed by atoms with E-state index < -0.39 is 10.0 Å². The number of sulfonamides is 1. The molecule has 34 heavy (non-hydrogen) atoms. The average molecular weight is 545 g/mol. The van der Waals surface area contributed by atoms with Crippen molar-refractivity contribution in [3.8, 4) is 28.5 Å². The summed E-state index contributed by atoms with van der Waals surface area (Å²) in [5.41, 5.74) is 8.24. The molecule has 4 aromatic rings. The summed E-state index contributed by atoms with van der Waals surface area (Å²) in [4.78, 5) is 8.67. The van der Waals surface area contributed by atoms with E-state index in [9.17, 15) is 8.42 Å². The third-order valence-corrected chi connectivity index (χ3v) is 7.08. The normalized spacial score (nSPS) is 11.3. The van der Waals surface area contributed by atoms with Crippen LogP contribution in [0.3, 0.4) is 0 Å². The second kappa shape index (κ2) is 9.35. The predicted octanol–water partition coefficient (Wildman–Crippen LogP) is 4.47. The largest absolute Gasteiger partial charge is 0.493 e. The van der Waals surface area contributed by atoms with Gasteiger partial charge >= 0.3 is 0 Å². The van der Waals surface area contributed by atoms with Crippen molar-refractivity contribution in [3.63, 3.8) is 0 Å². The Morgan fingerprint density at radius 3 is 2.38 bits per heavy atom. The number of hydrogen-bond acceptors (Lipinski definition) is 8. The molecule has 0 atom stereocenters. The molecule has 2 heterocycles. The van der Waals surface area contributed by atoms with Crippen LogP contribution in [-0.2, 0) is 10.0 Å². The van der Waals surface area contributed by atoms with Gasteiger partial charge in [0.25, 0.3) is 10.0 Å². The van der Waals surface area contributed by atoms with Gasteiger partial charge in [0, 0.05) is 23.2 Å². The minimum atomic E-state index is -3.99. The van der Waals surface area contributed by atoms with E-state index >= 15 is 0 Å². The molecule has 9 nitrogen and oxygen atoms in total. The molecular formula is C23H21BrN4O5S. The molecule has 0 spiro atoms. The summed E-state index contributed by atoms with van der Waals surface area (Å²) in [5, 5.41) is 0.903. The third-order valence-electron chi connectivity index (χ3n) is 5.09. The van der Waals surface area contributed by atoms with Gasteiger partial charge in [0.05, 0.1) is 36.2 Å². The number of benzene rings is 2. The van der Waals surface area contributed by atoms with E-state index in [1.165, 1.54) is 39.5 Å². The molecule has 0 amide bonds. The molecule has 0 aliphatic heterocycles. The molecule has 3 N–H and O–H groups in total. The van der Waals surface area contributed by atoms with E-state index in [4.69, 9.17) is 19.9 Å². The Labute approximate surface area is 205 Å². The molecule has 4 rings (SSSR count). The van der Waals surface area contributed by atoms with Crippen LogP contribution in [-0.4, -0.2) is 39.7 Å². The number of nitrogens with two attached hydrogens (primary N) is 1. The predicted molar refractivity (Wildman–Crippen MR) is 134 cm³/mol. The van der Waals surface area contributed by atoms with Crippen molar-refractivity contribution >= 4 is 48.4 Å². The van der Waals surface area contributed by atoms with Gasteiger partial charge in [-0.05, 0) is 51.8 Å². The highest BCUT2D eigenvalue weighted by molar-refractivity contribution is 9.10. The summed E-state index contributed by atoms with van der Waals surface area (Å²) >= 11 is 3.38. The number of ether oxygens (including phenoxy) is 3. The van der Waals surface area contributed by atoms with Gasteiger partial charge in [-0.25, -0.2) is 18.4 Å². The molecule has 2 aromatic heterocycles. The topological polar surface area (TPSA) is 126 Å². The zero-order valence-electron chi connectivity index (χ0n) is 18.5. The van der Waals surface area contributed by atoms with Crippen LogP contribution < -0.4 is 24.7 Å². The van der Waals surface area contributed by atoms with Crippen LogP contribution in [0.25, 0.3) is 22.0 Å². The highest BCUT2D eigenvalue weighted by Crippen LogP contribution is 2.34. The van der Waals surface area contributed by atoms with E-state index in [2.05, 4.69) is 30.6 Å². The van der Waals surface area contributed by atoms with Crippen molar-refractivity contribution in [3.05, 3.63) is 59.2 Å². The first kappa shape index (κ1) is 23.6. The monoisotopic (exact) mass is 544 g/mol. The summed E-state index contributed by atoms with van der Waals surface area (Å²) in [6, 6.07) is 13.5. The van der Waals surface area contributed by atoms with Crippen molar-refractivity contribution in [1.29, 1.82) is 0 Å². The van der Waals surface area contributed by atoms with E-state index in [1.54, 1.807) is 12.3 Å². The first-order valence-electron chi connectivity index (χ1n) is 9.90. The van der Waals surface area contributed by atoms with E-state index in [1.807, 2.05) is 24.3 Å². The number of aromatic nitrogens is 2. The Morgan fingerprint density at radius 2 is 1.68 bits per heavy atom. The van der Waals surface area contributed by atoms with Crippen molar-refractivity contribution in [1.82, 2.24) is 9.97 Å². The molecule has 0 aliphatic carbocycles. The van der Waals surface area contributed by atoms with Crippen molar-refractivity contribution in [2.75, 3.05) is 31.8 Å². The van der Waals surface area contributed by atoms with E-state index in [0.29, 0.717) is 32.9 Å². The van der Waals surface area contributed by atoms with E-state index in [-0.39, 0.29) is 16.5 Å². The number of halogens is 1. The smallest absolute Gasteiger partial charge is 0.262 e. The van der Waals surface area contributed by atoms with Crippen LogP contribution in [0, 0.1) is 0 Å². The standard InChI is InChI=1S/C23H21BrN4O5S/c1-31-20-7-6-16(11-21(20)32-2)34(29,30)28-19-10-15(12-26-23(19)33-3)13-4-5-14-8-17(24)22(25)27-18(14)9-13/h4-12,28H,1-3H3,(H2,25,27). The lowest BCUT2D eigenvalue weighted by molar-refractivity contribution is 0.354. The maximum Gasteiger partial charge on any atom is 0.262 e. The fraction of sp³-hybridized carbons (Fsp3) is 0.130. The Bertz CT molecular complexity index is 1490. The zero-order valence-corrected chi connectivity index (χ0v) is 20.9. The minimum Gasteiger partial charge on any atom is -0.493 e. The Morgan fingerprint density at radius 1 is 0.912 bits per heavy atom. The number of pyridine rings is 2. The second-order valence-electron chi connectivity index (χ2n) is 7.17. The first-order valence-corrected chi connectivity index (χ1v) is 12.2. The van der Waals surface area contributed by atoms with Gasteiger partial charge in [0.1, 0.15) is 11.5 Å². The highest BCUT2D eigenvalue weighted by atomic mass is 79.9. The van der Waals surface area contributed by atoms with Crippen LogP contribution >= 0.6 is 15.9 Å². The molecule has 0 saturated carbocycles. The molecule has 0 radical (unpaired) electrons. The minimum absolute atomic E-state index is 0.00596. The first-order chi connectivity index (χ1) is 16.2. The summed E-state index contributed by atoms with van der Waals surface area (Å²) in [5.74, 6) is 1.21. The molecule has 0 aliphatic rings. The summed E-state index contributed by atoms with van der Waals surface area (Å²) in [6.45, 7) is 0. The van der Waals surface area contributed by atoms with Crippen molar-refractivity contribution in [2.24, 2.45) is 0 Å². The molecule has 0 bridgehead atoms. The summed E-state index contributed by atoms with van der Waals surface area (Å²) < 4.78 is 45.2. The highest BCUT2D eigenvalue weighted by Gasteiger charge is 2.20. The van der Waals surface area contributed by atoms with Gasteiger partial charge in [0.2, 0.25) is 5.88 Å². The number of nitrogen functional groups attached to an aromatic ring is 1. The Balaban J connectivity index is 1.73. The molecular weight excluding hydrogens is 524 g/mol.